The fourth-order valence-corrected chi connectivity index (χ4v) is 3.52. The molecule has 0 aliphatic heterocycles. The molecule has 2 aromatic carbocycles. The predicted molar refractivity (Wildman–Crippen MR) is 98.1 cm³/mol. The van der Waals surface area contributed by atoms with Crippen molar-refractivity contribution in [1.29, 1.82) is 0 Å². The number of hydrogen-bond donors (Lipinski definition) is 0. The fourth-order valence-electron chi connectivity index (χ4n) is 2.63. The average Bonchev–Trinajstić information content (AvgIpc) is 3.06. The maximum Gasteiger partial charge on any atom is 0.266 e. The third-order valence-corrected chi connectivity index (χ3v) is 4.74. The summed E-state index contributed by atoms with van der Waals surface area (Å²) in [5, 5.41) is 5.13. The van der Waals surface area contributed by atoms with Crippen molar-refractivity contribution < 1.29 is 4.52 Å². The number of aromatic nitrogens is 3. The summed E-state index contributed by atoms with van der Waals surface area (Å²) in [5.74, 6) is 1.31. The second kappa shape index (κ2) is 6.57. The van der Waals surface area contributed by atoms with E-state index >= 15 is 0 Å². The normalized spacial score (nSPS) is 11.1. The van der Waals surface area contributed by atoms with E-state index in [0.717, 1.165) is 17.1 Å². The van der Waals surface area contributed by atoms with Gasteiger partial charge in [-0.2, -0.15) is 0 Å². The van der Waals surface area contributed by atoms with Crippen LogP contribution in [0.15, 0.2) is 75.1 Å². The minimum absolute atomic E-state index is 0.0759. The predicted octanol–water partition coefficient (Wildman–Crippen LogP) is 3.97. The molecule has 4 rings (SSSR count). The molecule has 0 aliphatic rings. The van der Waals surface area contributed by atoms with E-state index in [4.69, 9.17) is 9.51 Å². The molecule has 0 radical (unpaired) electrons. The molecule has 0 saturated heterocycles. The lowest BCUT2D eigenvalue weighted by Gasteiger charge is -2.12. The first-order chi connectivity index (χ1) is 12.2. The number of aryl methyl sites for hydroxylation is 1. The smallest absolute Gasteiger partial charge is 0.266 e. The lowest BCUT2D eigenvalue weighted by atomic mass is 10.2. The van der Waals surface area contributed by atoms with E-state index in [-0.39, 0.29) is 5.56 Å². The number of fused-ring (bicyclic) bond motifs is 1. The second-order valence-corrected chi connectivity index (χ2v) is 6.55. The molecule has 2 aromatic heterocycles. The lowest BCUT2D eigenvalue weighted by molar-refractivity contribution is 0.391. The molecule has 0 unspecified atom stereocenters. The summed E-state index contributed by atoms with van der Waals surface area (Å²) in [6.45, 7) is 1.88. The van der Waals surface area contributed by atoms with Gasteiger partial charge in [-0.15, -0.1) is 0 Å². The lowest BCUT2D eigenvalue weighted by Crippen LogP contribution is -2.21. The van der Waals surface area contributed by atoms with Gasteiger partial charge in [0, 0.05) is 6.07 Å². The third-order valence-electron chi connectivity index (χ3n) is 3.78. The van der Waals surface area contributed by atoms with Gasteiger partial charge in [0.15, 0.2) is 5.16 Å². The molecule has 2 heterocycles. The Labute approximate surface area is 148 Å². The van der Waals surface area contributed by atoms with Crippen LogP contribution >= 0.6 is 11.8 Å². The Balaban J connectivity index is 1.84. The topological polar surface area (TPSA) is 60.9 Å². The van der Waals surface area contributed by atoms with Gasteiger partial charge in [0.1, 0.15) is 5.76 Å². The number of benzene rings is 2. The summed E-state index contributed by atoms with van der Waals surface area (Å²) >= 11 is 1.46. The van der Waals surface area contributed by atoms with Crippen molar-refractivity contribution in [3.05, 3.63) is 82.5 Å². The highest BCUT2D eigenvalue weighted by Gasteiger charge is 2.14. The molecule has 4 aromatic rings. The van der Waals surface area contributed by atoms with Gasteiger partial charge in [-0.05, 0) is 31.2 Å². The van der Waals surface area contributed by atoms with E-state index in [1.54, 1.807) is 10.6 Å². The molecule has 0 bridgehead atoms. The molecule has 0 spiro atoms. The molecule has 0 N–H and O–H groups in total. The molecule has 0 saturated carbocycles. The van der Waals surface area contributed by atoms with Crippen LogP contribution in [-0.4, -0.2) is 14.7 Å². The molecule has 0 fully saturated rings. The quantitative estimate of drug-likeness (QED) is 0.412. The molecule has 124 valence electrons. The Hall–Kier alpha value is -2.86. The average molecular weight is 349 g/mol. The van der Waals surface area contributed by atoms with Gasteiger partial charge in [0.25, 0.3) is 5.56 Å². The monoisotopic (exact) mass is 349 g/mol. The minimum atomic E-state index is -0.0759. The van der Waals surface area contributed by atoms with Crippen LogP contribution in [0, 0.1) is 6.92 Å². The molecule has 0 atom stereocenters. The third kappa shape index (κ3) is 3.08. The maximum atomic E-state index is 13.0. The Bertz CT molecular complexity index is 1090. The molecule has 6 heteroatoms. The van der Waals surface area contributed by atoms with Crippen LogP contribution in [0.25, 0.3) is 16.6 Å². The van der Waals surface area contributed by atoms with Gasteiger partial charge in [0.2, 0.25) is 0 Å². The summed E-state index contributed by atoms with van der Waals surface area (Å²) in [7, 11) is 0. The van der Waals surface area contributed by atoms with E-state index in [1.807, 2.05) is 61.5 Å². The van der Waals surface area contributed by atoms with Crippen LogP contribution in [-0.2, 0) is 5.75 Å². The zero-order chi connectivity index (χ0) is 17.2. The number of nitrogens with zero attached hydrogens (tertiary/aromatic N) is 3. The van der Waals surface area contributed by atoms with Crippen molar-refractivity contribution in [2.24, 2.45) is 0 Å². The van der Waals surface area contributed by atoms with Crippen molar-refractivity contribution in [3.63, 3.8) is 0 Å². The van der Waals surface area contributed by atoms with Crippen LogP contribution in [0.5, 0.6) is 0 Å². The van der Waals surface area contributed by atoms with E-state index in [1.165, 1.54) is 11.8 Å². The summed E-state index contributed by atoms with van der Waals surface area (Å²) in [6, 6.07) is 18.8. The van der Waals surface area contributed by atoms with Crippen molar-refractivity contribution in [2.75, 3.05) is 0 Å². The summed E-state index contributed by atoms with van der Waals surface area (Å²) < 4.78 is 6.91. The van der Waals surface area contributed by atoms with E-state index in [9.17, 15) is 4.79 Å². The zero-order valence-corrected chi connectivity index (χ0v) is 14.4. The first-order valence-electron chi connectivity index (χ1n) is 7.84. The van der Waals surface area contributed by atoms with Crippen molar-refractivity contribution >= 4 is 22.7 Å². The molecule has 0 amide bonds. The Morgan fingerprint density at radius 2 is 1.84 bits per heavy atom. The Kier molecular flexibility index (Phi) is 4.11. The zero-order valence-electron chi connectivity index (χ0n) is 13.5. The van der Waals surface area contributed by atoms with Crippen LogP contribution in [0.4, 0.5) is 0 Å². The standard InChI is InChI=1S/C19H15N3O2S/c1-13-11-15(24-21-13)12-25-19-20-17-10-6-5-9-16(17)18(23)22(19)14-7-3-2-4-8-14/h2-11H,12H2,1H3. The van der Waals surface area contributed by atoms with Crippen LogP contribution < -0.4 is 5.56 Å². The van der Waals surface area contributed by atoms with Crippen molar-refractivity contribution in [3.8, 4) is 5.69 Å². The number of para-hydroxylation sites is 2. The molecular formula is C19H15N3O2S. The highest BCUT2D eigenvalue weighted by molar-refractivity contribution is 7.98. The summed E-state index contributed by atoms with van der Waals surface area (Å²) in [4.78, 5) is 17.7. The molecule has 25 heavy (non-hydrogen) atoms. The molecular weight excluding hydrogens is 334 g/mol. The van der Waals surface area contributed by atoms with Gasteiger partial charge in [-0.25, -0.2) is 4.98 Å². The number of rotatable bonds is 4. The minimum Gasteiger partial charge on any atom is -0.360 e. The van der Waals surface area contributed by atoms with E-state index in [0.29, 0.717) is 21.8 Å². The van der Waals surface area contributed by atoms with Gasteiger partial charge in [-0.1, -0.05) is 47.3 Å². The Morgan fingerprint density at radius 3 is 2.60 bits per heavy atom. The summed E-state index contributed by atoms with van der Waals surface area (Å²) in [6.07, 6.45) is 0. The van der Waals surface area contributed by atoms with Crippen LogP contribution in [0.1, 0.15) is 11.5 Å². The van der Waals surface area contributed by atoms with Crippen LogP contribution in [0.3, 0.4) is 0 Å². The van der Waals surface area contributed by atoms with E-state index in [2.05, 4.69) is 5.16 Å². The van der Waals surface area contributed by atoms with Gasteiger partial charge in [-0.3, -0.25) is 9.36 Å². The maximum absolute atomic E-state index is 13.0. The van der Waals surface area contributed by atoms with Gasteiger partial charge >= 0.3 is 0 Å². The molecule has 0 aliphatic carbocycles. The largest absolute Gasteiger partial charge is 0.360 e. The molecule has 5 nitrogen and oxygen atoms in total. The Morgan fingerprint density at radius 1 is 1.08 bits per heavy atom. The first kappa shape index (κ1) is 15.7. The SMILES string of the molecule is Cc1cc(CSc2nc3ccccc3c(=O)n2-c2ccccc2)on1. The number of hydrogen-bond acceptors (Lipinski definition) is 5. The van der Waals surface area contributed by atoms with Crippen molar-refractivity contribution in [1.82, 2.24) is 14.7 Å². The van der Waals surface area contributed by atoms with Crippen LogP contribution in [0.2, 0.25) is 0 Å². The van der Waals surface area contributed by atoms with E-state index < -0.39 is 0 Å². The second-order valence-electron chi connectivity index (χ2n) is 5.61. The first-order valence-corrected chi connectivity index (χ1v) is 8.83. The van der Waals surface area contributed by atoms with Crippen molar-refractivity contribution in [2.45, 2.75) is 17.8 Å². The van der Waals surface area contributed by atoms with Gasteiger partial charge < -0.3 is 4.52 Å². The summed E-state index contributed by atoms with van der Waals surface area (Å²) in [5.41, 5.74) is 2.24. The van der Waals surface area contributed by atoms with Gasteiger partial charge in [0.05, 0.1) is 28.0 Å². The highest BCUT2D eigenvalue weighted by atomic mass is 32.2. The highest BCUT2D eigenvalue weighted by Crippen LogP contribution is 2.24. The fraction of sp³-hybridized carbons (Fsp3) is 0.105. The number of thioether (sulfide) groups is 1.